The Morgan fingerprint density at radius 1 is 1.59 bits per heavy atom. The smallest absolute Gasteiger partial charge is 0.258 e. The molecular formula is C12H17FN2O2. The Balaban J connectivity index is 2.74. The largest absolute Gasteiger partial charge is 0.496 e. The number of amides is 1. The zero-order chi connectivity index (χ0) is 12.8. The molecule has 1 atom stereocenters. The zero-order valence-corrected chi connectivity index (χ0v) is 10.00. The minimum absolute atomic E-state index is 0.00202. The van der Waals surface area contributed by atoms with Crippen molar-refractivity contribution in [3.05, 3.63) is 29.6 Å². The lowest BCUT2D eigenvalue weighted by atomic mass is 10.1. The highest BCUT2D eigenvalue weighted by atomic mass is 19.1. The van der Waals surface area contributed by atoms with Crippen LogP contribution in [0.5, 0.6) is 5.75 Å². The molecule has 94 valence electrons. The number of rotatable bonds is 5. The van der Waals surface area contributed by atoms with Crippen LogP contribution in [0.1, 0.15) is 23.7 Å². The van der Waals surface area contributed by atoms with Gasteiger partial charge in [-0.3, -0.25) is 4.79 Å². The molecule has 1 amide bonds. The summed E-state index contributed by atoms with van der Waals surface area (Å²) >= 11 is 0. The minimum atomic E-state index is -0.595. The first-order valence-corrected chi connectivity index (χ1v) is 5.42. The predicted molar refractivity (Wildman–Crippen MR) is 63.6 cm³/mol. The van der Waals surface area contributed by atoms with Gasteiger partial charge in [-0.05, 0) is 25.5 Å². The van der Waals surface area contributed by atoms with Crippen molar-refractivity contribution in [1.29, 1.82) is 0 Å². The summed E-state index contributed by atoms with van der Waals surface area (Å²) in [7, 11) is 1.40. The third-order valence-electron chi connectivity index (χ3n) is 2.31. The lowest BCUT2D eigenvalue weighted by Crippen LogP contribution is -2.29. The molecule has 0 radical (unpaired) electrons. The van der Waals surface area contributed by atoms with Gasteiger partial charge < -0.3 is 15.8 Å². The van der Waals surface area contributed by atoms with Crippen molar-refractivity contribution in [2.75, 3.05) is 13.7 Å². The Kier molecular flexibility index (Phi) is 4.90. The first-order chi connectivity index (χ1) is 8.06. The van der Waals surface area contributed by atoms with Crippen molar-refractivity contribution >= 4 is 5.91 Å². The molecule has 1 unspecified atom stereocenters. The van der Waals surface area contributed by atoms with Crippen LogP contribution in [-0.2, 0) is 0 Å². The summed E-state index contributed by atoms with van der Waals surface area (Å²) < 4.78 is 18.5. The van der Waals surface area contributed by atoms with Gasteiger partial charge in [0.15, 0.2) is 0 Å². The second-order valence-corrected chi connectivity index (χ2v) is 3.84. The van der Waals surface area contributed by atoms with Gasteiger partial charge in [-0.25, -0.2) is 4.39 Å². The molecule has 0 aromatic heterocycles. The molecule has 0 spiro atoms. The van der Waals surface area contributed by atoms with Gasteiger partial charge in [0.2, 0.25) is 0 Å². The Morgan fingerprint density at radius 3 is 2.88 bits per heavy atom. The molecule has 4 nitrogen and oxygen atoms in total. The number of halogens is 1. The van der Waals surface area contributed by atoms with Crippen LogP contribution in [0.4, 0.5) is 4.39 Å². The SMILES string of the molecule is COc1cccc(F)c1C(=O)NCCC(C)N. The number of hydrogen-bond acceptors (Lipinski definition) is 3. The van der Waals surface area contributed by atoms with E-state index in [-0.39, 0.29) is 17.4 Å². The standard InChI is InChI=1S/C12H17FN2O2/c1-8(14)6-7-15-12(16)11-9(13)4-3-5-10(11)17-2/h3-5,8H,6-7,14H2,1-2H3,(H,15,16). The van der Waals surface area contributed by atoms with Crippen LogP contribution >= 0.6 is 0 Å². The lowest BCUT2D eigenvalue weighted by molar-refractivity contribution is 0.0945. The molecule has 0 saturated heterocycles. The average Bonchev–Trinajstić information content (AvgIpc) is 2.27. The molecule has 17 heavy (non-hydrogen) atoms. The van der Waals surface area contributed by atoms with E-state index in [4.69, 9.17) is 10.5 Å². The first-order valence-electron chi connectivity index (χ1n) is 5.42. The Bertz CT molecular complexity index is 394. The van der Waals surface area contributed by atoms with Gasteiger partial charge in [-0.1, -0.05) is 6.07 Å². The van der Waals surface area contributed by atoms with E-state index in [1.165, 1.54) is 19.2 Å². The van der Waals surface area contributed by atoms with E-state index in [0.29, 0.717) is 13.0 Å². The maximum Gasteiger partial charge on any atom is 0.258 e. The van der Waals surface area contributed by atoms with Crippen LogP contribution in [0.3, 0.4) is 0 Å². The molecule has 5 heteroatoms. The predicted octanol–water partition coefficient (Wildman–Crippen LogP) is 1.30. The van der Waals surface area contributed by atoms with Crippen LogP contribution in [0.25, 0.3) is 0 Å². The van der Waals surface area contributed by atoms with E-state index < -0.39 is 11.7 Å². The monoisotopic (exact) mass is 240 g/mol. The second-order valence-electron chi connectivity index (χ2n) is 3.84. The number of carbonyl (C=O) groups excluding carboxylic acids is 1. The molecule has 0 saturated carbocycles. The van der Waals surface area contributed by atoms with E-state index in [1.54, 1.807) is 6.07 Å². The minimum Gasteiger partial charge on any atom is -0.496 e. The van der Waals surface area contributed by atoms with Crippen molar-refractivity contribution in [1.82, 2.24) is 5.32 Å². The summed E-state index contributed by atoms with van der Waals surface area (Å²) in [5, 5.41) is 2.61. The number of ether oxygens (including phenoxy) is 1. The molecule has 1 aromatic rings. The van der Waals surface area contributed by atoms with Gasteiger partial charge >= 0.3 is 0 Å². The molecule has 1 aromatic carbocycles. The summed E-state index contributed by atoms with van der Waals surface area (Å²) in [5.74, 6) is -0.855. The van der Waals surface area contributed by atoms with Crippen LogP contribution < -0.4 is 15.8 Å². The molecule has 0 aliphatic rings. The van der Waals surface area contributed by atoms with Crippen molar-refractivity contribution in [3.63, 3.8) is 0 Å². The van der Waals surface area contributed by atoms with Gasteiger partial charge in [0.25, 0.3) is 5.91 Å². The van der Waals surface area contributed by atoms with Crippen LogP contribution in [0, 0.1) is 5.82 Å². The molecule has 0 bridgehead atoms. The normalized spacial score (nSPS) is 12.0. The van der Waals surface area contributed by atoms with Gasteiger partial charge in [0.05, 0.1) is 7.11 Å². The molecule has 0 heterocycles. The van der Waals surface area contributed by atoms with Crippen molar-refractivity contribution < 1.29 is 13.9 Å². The topological polar surface area (TPSA) is 64.3 Å². The number of methoxy groups -OCH3 is 1. The number of carbonyl (C=O) groups is 1. The number of nitrogens with two attached hydrogens (primary N) is 1. The molecule has 0 aliphatic carbocycles. The average molecular weight is 240 g/mol. The second kappa shape index (κ2) is 6.20. The van der Waals surface area contributed by atoms with Gasteiger partial charge in [-0.15, -0.1) is 0 Å². The summed E-state index contributed by atoms with van der Waals surface area (Å²) in [4.78, 5) is 11.8. The molecule has 3 N–H and O–H groups in total. The van der Waals surface area contributed by atoms with Crippen LogP contribution in [0.15, 0.2) is 18.2 Å². The van der Waals surface area contributed by atoms with E-state index in [1.807, 2.05) is 6.92 Å². The van der Waals surface area contributed by atoms with E-state index in [0.717, 1.165) is 0 Å². The van der Waals surface area contributed by atoms with E-state index in [9.17, 15) is 9.18 Å². The van der Waals surface area contributed by atoms with Gasteiger partial charge in [0.1, 0.15) is 17.1 Å². The Labute approximate surface area is 100.0 Å². The molecule has 1 rings (SSSR count). The highest BCUT2D eigenvalue weighted by molar-refractivity contribution is 5.97. The Morgan fingerprint density at radius 2 is 2.29 bits per heavy atom. The summed E-state index contributed by atoms with van der Waals surface area (Å²) in [6, 6.07) is 4.26. The number of hydrogen-bond donors (Lipinski definition) is 2. The fourth-order valence-corrected chi connectivity index (χ4v) is 1.40. The zero-order valence-electron chi connectivity index (χ0n) is 10.00. The maximum absolute atomic E-state index is 13.5. The third-order valence-corrected chi connectivity index (χ3v) is 2.31. The quantitative estimate of drug-likeness (QED) is 0.815. The maximum atomic E-state index is 13.5. The highest BCUT2D eigenvalue weighted by Gasteiger charge is 2.16. The molecular weight excluding hydrogens is 223 g/mol. The van der Waals surface area contributed by atoms with Gasteiger partial charge in [-0.2, -0.15) is 0 Å². The molecule has 0 aliphatic heterocycles. The number of benzene rings is 1. The van der Waals surface area contributed by atoms with E-state index >= 15 is 0 Å². The third kappa shape index (κ3) is 3.71. The van der Waals surface area contributed by atoms with Crippen molar-refractivity contribution in [2.45, 2.75) is 19.4 Å². The van der Waals surface area contributed by atoms with Crippen LogP contribution in [-0.4, -0.2) is 25.6 Å². The summed E-state index contributed by atoms with van der Waals surface area (Å²) in [5.41, 5.74) is 5.48. The van der Waals surface area contributed by atoms with Crippen LogP contribution in [0.2, 0.25) is 0 Å². The Hall–Kier alpha value is -1.62. The fraction of sp³-hybridized carbons (Fsp3) is 0.417. The number of nitrogens with one attached hydrogen (secondary N) is 1. The summed E-state index contributed by atoms with van der Waals surface area (Å²) in [6.07, 6.45) is 0.641. The molecule has 0 fully saturated rings. The lowest BCUT2D eigenvalue weighted by Gasteiger charge is -2.10. The van der Waals surface area contributed by atoms with E-state index in [2.05, 4.69) is 5.32 Å². The first kappa shape index (κ1) is 13.4. The van der Waals surface area contributed by atoms with Gasteiger partial charge in [0, 0.05) is 12.6 Å². The fourth-order valence-electron chi connectivity index (χ4n) is 1.40. The van der Waals surface area contributed by atoms with Crippen molar-refractivity contribution in [3.8, 4) is 5.75 Å². The highest BCUT2D eigenvalue weighted by Crippen LogP contribution is 2.20. The van der Waals surface area contributed by atoms with Crippen molar-refractivity contribution in [2.24, 2.45) is 5.73 Å². The summed E-state index contributed by atoms with van der Waals surface area (Å²) in [6.45, 7) is 2.25.